The van der Waals surface area contributed by atoms with Gasteiger partial charge < -0.3 is 15.2 Å². The van der Waals surface area contributed by atoms with Gasteiger partial charge in [-0.3, -0.25) is 0 Å². The molecule has 15 heteroatoms. The standard InChI is InChI=1S/C13H8N4.C13H11N3.C12H9N3O.3HI.V/c14-8-10-6-7-11-13(15-10)17-12(16-11)9-4-2-1-3-5-9;1-9-7-8-11-13(14-9)16-12(15-11)10-5-3-2-4-6-10;16-15-8-4-7-10-12(15)14-11(13-10)9-5-2-1-3-6-9;;;;/h1-7H,(H,15,16,17);2-8H,1H3,(H,14,15,16);1-8,16H;3*1H;/q;;;;;;+3/p-3. The maximum absolute atomic E-state index is 9.55. The average Bonchev–Trinajstić information content (AvgIpc) is 3.93. The Morgan fingerprint density at radius 3 is 1.64 bits per heavy atom. The van der Waals surface area contributed by atoms with Crippen molar-refractivity contribution >= 4 is 82.3 Å². The van der Waals surface area contributed by atoms with Crippen LogP contribution in [-0.4, -0.2) is 49.8 Å². The molecule has 0 radical (unpaired) electrons. The molecule has 4 aromatic heterocycles. The number of H-pyrrole nitrogens is 2. The number of nitriles is 1. The SMILES string of the molecule is Cc1ccc2[nH]c(-c3ccccc3)nc2n1.N#Cc1ccc2[nH]c(-c3ccccc3)nc2n1.On1cccc2nc(-c3ccccc3)nc1-2.[I][V]([I])[I]. The average molecular weight is 1070 g/mol. The molecule has 262 valence electrons. The fourth-order valence-corrected chi connectivity index (χ4v) is 5.04. The van der Waals surface area contributed by atoms with E-state index in [1.807, 2.05) is 128 Å². The monoisotopic (exact) mass is 1070 g/mol. The summed E-state index contributed by atoms with van der Waals surface area (Å²) in [5, 5.41) is 18.3. The minimum absolute atomic E-state index is 0.278. The Balaban J connectivity index is 0.000000129. The summed E-state index contributed by atoms with van der Waals surface area (Å²) in [6, 6.07) is 42.6. The minimum atomic E-state index is -0.278. The van der Waals surface area contributed by atoms with E-state index in [1.165, 1.54) is 6.20 Å². The molecule has 6 heterocycles. The Bertz CT molecular complexity index is 2550. The molecule has 7 aromatic rings. The van der Waals surface area contributed by atoms with Gasteiger partial charge in [-0.05, 0) is 43.3 Å². The summed E-state index contributed by atoms with van der Waals surface area (Å²) < 4.78 is 0.981. The molecular formula is C38H28I3N10OV. The topological polar surface area (TPSA) is 158 Å². The fourth-order valence-electron chi connectivity index (χ4n) is 5.04. The molecule has 0 spiro atoms. The Labute approximate surface area is 342 Å². The van der Waals surface area contributed by atoms with Gasteiger partial charge >= 0.3 is 64.9 Å². The van der Waals surface area contributed by atoms with Crippen LogP contribution in [0.2, 0.25) is 0 Å². The summed E-state index contributed by atoms with van der Waals surface area (Å²) in [7, 11) is 0. The first-order chi connectivity index (χ1) is 25.8. The number of aryl methyl sites for hydroxylation is 1. The van der Waals surface area contributed by atoms with Gasteiger partial charge in [0, 0.05) is 28.6 Å². The summed E-state index contributed by atoms with van der Waals surface area (Å²) in [6.45, 7) is 1.97. The summed E-state index contributed by atoms with van der Waals surface area (Å²) >= 11 is 7.39. The second kappa shape index (κ2) is 18.6. The predicted molar refractivity (Wildman–Crippen MR) is 229 cm³/mol. The van der Waals surface area contributed by atoms with E-state index in [1.54, 1.807) is 12.1 Å². The fraction of sp³-hybridized carbons (Fsp3) is 0.0263. The van der Waals surface area contributed by atoms with E-state index in [0.29, 0.717) is 28.7 Å². The van der Waals surface area contributed by atoms with Gasteiger partial charge in [-0.25, -0.2) is 29.9 Å². The van der Waals surface area contributed by atoms with E-state index in [0.717, 1.165) is 55.4 Å². The number of aromatic nitrogens is 9. The number of nitrogens with one attached hydrogen (secondary N) is 2. The molecule has 11 nitrogen and oxygen atoms in total. The Morgan fingerprint density at radius 2 is 1.11 bits per heavy atom. The van der Waals surface area contributed by atoms with Crippen LogP contribution in [0.15, 0.2) is 134 Å². The van der Waals surface area contributed by atoms with Crippen LogP contribution in [0.3, 0.4) is 0 Å². The van der Waals surface area contributed by atoms with Crippen LogP contribution in [0.25, 0.3) is 68.0 Å². The summed E-state index contributed by atoms with van der Waals surface area (Å²) in [6.07, 6.45) is 1.53. The number of aromatic amines is 2. The zero-order chi connectivity index (χ0) is 37.2. The maximum atomic E-state index is 9.55. The van der Waals surface area contributed by atoms with E-state index in [9.17, 15) is 5.21 Å². The molecule has 0 amide bonds. The number of imidazole rings is 3. The Morgan fingerprint density at radius 1 is 0.604 bits per heavy atom. The van der Waals surface area contributed by atoms with E-state index < -0.39 is 0 Å². The van der Waals surface area contributed by atoms with Crippen LogP contribution in [0.5, 0.6) is 0 Å². The molecule has 0 aliphatic carbocycles. The number of fused-ring (bicyclic) bond motifs is 3. The van der Waals surface area contributed by atoms with Crippen molar-refractivity contribution in [2.24, 2.45) is 0 Å². The molecule has 0 bridgehead atoms. The van der Waals surface area contributed by atoms with Crippen LogP contribution in [0, 0.1) is 18.3 Å². The number of rotatable bonds is 3. The molecule has 0 atom stereocenters. The first kappa shape index (κ1) is 38.3. The van der Waals surface area contributed by atoms with Crippen molar-refractivity contribution in [2.45, 2.75) is 6.92 Å². The summed E-state index contributed by atoms with van der Waals surface area (Å²) in [5.74, 6) is 2.74. The van der Waals surface area contributed by atoms with E-state index in [4.69, 9.17) is 5.26 Å². The summed E-state index contributed by atoms with van der Waals surface area (Å²) in [5.41, 5.74) is 8.24. The van der Waals surface area contributed by atoms with Gasteiger partial charge in [0.25, 0.3) is 0 Å². The van der Waals surface area contributed by atoms with Crippen LogP contribution in [-0.2, 0) is 4.92 Å². The number of halogens is 3. The van der Waals surface area contributed by atoms with E-state index in [2.05, 4.69) is 99.8 Å². The van der Waals surface area contributed by atoms with E-state index >= 15 is 0 Å². The molecule has 0 saturated carbocycles. The molecule has 0 unspecified atom stereocenters. The third kappa shape index (κ3) is 10.4. The number of hydrogen-bond donors (Lipinski definition) is 3. The molecule has 2 aliphatic rings. The molecular weight excluding hydrogens is 1040 g/mol. The molecule has 0 saturated heterocycles. The Hall–Kier alpha value is -4.42. The predicted octanol–water partition coefficient (Wildman–Crippen LogP) is 10.4. The molecule has 2 aliphatic heterocycles. The number of pyridine rings is 3. The number of nitrogens with zero attached hydrogens (tertiary/aromatic N) is 8. The first-order valence-electron chi connectivity index (χ1n) is 15.9. The molecule has 3 aromatic carbocycles. The van der Waals surface area contributed by atoms with Crippen molar-refractivity contribution in [3.8, 4) is 51.8 Å². The zero-order valence-corrected chi connectivity index (χ0v) is 35.7. The van der Waals surface area contributed by atoms with Crippen LogP contribution in [0.1, 0.15) is 11.4 Å². The second-order valence-electron chi connectivity index (χ2n) is 11.1. The third-order valence-corrected chi connectivity index (χ3v) is 7.44. The van der Waals surface area contributed by atoms with Crippen molar-refractivity contribution in [2.75, 3.05) is 0 Å². The van der Waals surface area contributed by atoms with E-state index in [-0.39, 0.29) is 4.92 Å². The molecule has 3 N–H and O–H groups in total. The van der Waals surface area contributed by atoms with Crippen LogP contribution in [0.4, 0.5) is 0 Å². The van der Waals surface area contributed by atoms with Gasteiger partial charge in [-0.2, -0.15) is 9.99 Å². The van der Waals surface area contributed by atoms with Gasteiger partial charge in [-0.15, -0.1) is 0 Å². The van der Waals surface area contributed by atoms with Gasteiger partial charge in [0.15, 0.2) is 22.9 Å². The Kier molecular flexibility index (Phi) is 13.4. The van der Waals surface area contributed by atoms with Crippen molar-refractivity contribution in [3.05, 3.63) is 145 Å². The zero-order valence-electron chi connectivity index (χ0n) is 27.8. The normalized spacial score (nSPS) is 10.5. The van der Waals surface area contributed by atoms with Gasteiger partial charge in [-0.1, -0.05) is 91.0 Å². The van der Waals surface area contributed by atoms with Gasteiger partial charge in [0.2, 0.25) is 0 Å². The van der Waals surface area contributed by atoms with Crippen molar-refractivity contribution < 1.29 is 10.1 Å². The quantitative estimate of drug-likeness (QED) is 0.117. The molecule has 0 fully saturated rings. The third-order valence-electron chi connectivity index (χ3n) is 7.44. The van der Waals surface area contributed by atoms with Crippen LogP contribution >= 0.6 is 59.9 Å². The van der Waals surface area contributed by atoms with Crippen molar-refractivity contribution in [1.29, 1.82) is 5.26 Å². The van der Waals surface area contributed by atoms with Crippen molar-refractivity contribution in [3.63, 3.8) is 0 Å². The molecule has 9 rings (SSSR count). The van der Waals surface area contributed by atoms with Crippen LogP contribution < -0.4 is 0 Å². The molecule has 53 heavy (non-hydrogen) atoms. The van der Waals surface area contributed by atoms with Gasteiger partial charge in [0.1, 0.15) is 29.1 Å². The first-order valence-corrected chi connectivity index (χ1v) is 29.4. The second-order valence-corrected chi connectivity index (χ2v) is 46.4. The van der Waals surface area contributed by atoms with Gasteiger partial charge in [0.05, 0.1) is 11.0 Å². The van der Waals surface area contributed by atoms with Crippen molar-refractivity contribution in [1.82, 2.24) is 44.6 Å². The number of benzene rings is 3. The summed E-state index contributed by atoms with van der Waals surface area (Å²) in [4.78, 5) is 32.2. The number of hydrogen-bond acceptors (Lipinski definition) is 8.